The van der Waals surface area contributed by atoms with E-state index in [9.17, 15) is 4.79 Å². The zero-order valence-electron chi connectivity index (χ0n) is 12.5. The van der Waals surface area contributed by atoms with Crippen LogP contribution in [0.2, 0.25) is 5.15 Å². The van der Waals surface area contributed by atoms with Crippen molar-refractivity contribution in [3.63, 3.8) is 0 Å². The Morgan fingerprint density at radius 1 is 1.30 bits per heavy atom. The quantitative estimate of drug-likeness (QED) is 0.851. The standard InChI is InChI=1S/C17H17ClN2O3/c18-16-8-5-13(10-19-16)20-17(21)12-3-6-14(7-4-12)23-11-15-2-1-9-22-15/h3-8,10,15H,1-2,9,11H2,(H,20,21). The lowest BCUT2D eigenvalue weighted by molar-refractivity contribution is 0.0679. The molecule has 1 aliphatic heterocycles. The van der Waals surface area contributed by atoms with Crippen LogP contribution in [0.1, 0.15) is 23.2 Å². The number of halogens is 1. The van der Waals surface area contributed by atoms with Crippen LogP contribution in [0.4, 0.5) is 5.69 Å². The summed E-state index contributed by atoms with van der Waals surface area (Å²) in [5.74, 6) is 0.519. The van der Waals surface area contributed by atoms with Crippen LogP contribution in [0.5, 0.6) is 5.75 Å². The molecule has 2 heterocycles. The number of nitrogens with one attached hydrogen (secondary N) is 1. The van der Waals surface area contributed by atoms with Crippen LogP contribution in [-0.2, 0) is 4.74 Å². The van der Waals surface area contributed by atoms with Crippen LogP contribution < -0.4 is 10.1 Å². The summed E-state index contributed by atoms with van der Waals surface area (Å²) in [6, 6.07) is 10.3. The smallest absolute Gasteiger partial charge is 0.255 e. The topological polar surface area (TPSA) is 60.5 Å². The predicted octanol–water partition coefficient (Wildman–Crippen LogP) is 3.55. The van der Waals surface area contributed by atoms with Gasteiger partial charge >= 0.3 is 0 Å². The molecule has 1 aliphatic rings. The SMILES string of the molecule is O=C(Nc1ccc(Cl)nc1)c1ccc(OCC2CCCO2)cc1. The summed E-state index contributed by atoms with van der Waals surface area (Å²) in [6.45, 7) is 1.36. The highest BCUT2D eigenvalue weighted by Crippen LogP contribution is 2.17. The number of hydrogen-bond donors (Lipinski definition) is 1. The minimum Gasteiger partial charge on any atom is -0.491 e. The molecular formula is C17H17ClN2O3. The first-order valence-electron chi connectivity index (χ1n) is 7.48. The number of amides is 1. The summed E-state index contributed by atoms with van der Waals surface area (Å²) < 4.78 is 11.2. The summed E-state index contributed by atoms with van der Waals surface area (Å²) in [4.78, 5) is 16.1. The lowest BCUT2D eigenvalue weighted by Gasteiger charge is -2.11. The second kappa shape index (κ2) is 7.44. The first kappa shape index (κ1) is 15.8. The van der Waals surface area contributed by atoms with Crippen LogP contribution in [0.15, 0.2) is 42.6 Å². The van der Waals surface area contributed by atoms with Crippen molar-refractivity contribution in [2.24, 2.45) is 0 Å². The molecule has 5 nitrogen and oxygen atoms in total. The number of benzene rings is 1. The van der Waals surface area contributed by atoms with Crippen LogP contribution >= 0.6 is 11.6 Å². The maximum absolute atomic E-state index is 12.1. The molecule has 1 amide bonds. The molecule has 1 unspecified atom stereocenters. The molecule has 0 radical (unpaired) electrons. The molecule has 3 rings (SSSR count). The maximum Gasteiger partial charge on any atom is 0.255 e. The van der Waals surface area contributed by atoms with Gasteiger partial charge in [-0.25, -0.2) is 4.98 Å². The van der Waals surface area contributed by atoms with Crippen molar-refractivity contribution < 1.29 is 14.3 Å². The summed E-state index contributed by atoms with van der Waals surface area (Å²) in [5, 5.41) is 3.15. The van der Waals surface area contributed by atoms with Gasteiger partial charge in [0.15, 0.2) is 0 Å². The Hall–Kier alpha value is -2.11. The van der Waals surface area contributed by atoms with Gasteiger partial charge < -0.3 is 14.8 Å². The zero-order chi connectivity index (χ0) is 16.1. The largest absolute Gasteiger partial charge is 0.491 e. The summed E-state index contributed by atoms with van der Waals surface area (Å²) in [7, 11) is 0. The molecular weight excluding hydrogens is 316 g/mol. The number of nitrogens with zero attached hydrogens (tertiary/aromatic N) is 1. The summed E-state index contributed by atoms with van der Waals surface area (Å²) in [5.41, 5.74) is 1.14. The number of anilines is 1. The lowest BCUT2D eigenvalue weighted by Crippen LogP contribution is -2.16. The molecule has 1 atom stereocenters. The van der Waals surface area contributed by atoms with Gasteiger partial charge in [-0.2, -0.15) is 0 Å². The number of carbonyl (C=O) groups excluding carboxylic acids is 1. The number of ether oxygens (including phenoxy) is 2. The fourth-order valence-electron chi connectivity index (χ4n) is 2.32. The summed E-state index contributed by atoms with van der Waals surface area (Å²) in [6.07, 6.45) is 3.82. The maximum atomic E-state index is 12.1. The number of rotatable bonds is 5. The van der Waals surface area contributed by atoms with Crippen molar-refractivity contribution in [3.8, 4) is 5.75 Å². The van der Waals surface area contributed by atoms with E-state index in [-0.39, 0.29) is 12.0 Å². The van der Waals surface area contributed by atoms with Gasteiger partial charge in [-0.3, -0.25) is 4.79 Å². The molecule has 2 aromatic rings. The van der Waals surface area contributed by atoms with Crippen molar-refractivity contribution >= 4 is 23.2 Å². The Bertz CT molecular complexity index is 653. The molecule has 0 aliphatic carbocycles. The van der Waals surface area contributed by atoms with Gasteiger partial charge in [0.2, 0.25) is 0 Å². The van der Waals surface area contributed by atoms with E-state index in [4.69, 9.17) is 21.1 Å². The number of pyridine rings is 1. The second-order valence-electron chi connectivity index (χ2n) is 5.29. The van der Waals surface area contributed by atoms with Gasteiger partial charge in [-0.1, -0.05) is 11.6 Å². The Morgan fingerprint density at radius 3 is 2.78 bits per heavy atom. The van der Waals surface area contributed by atoms with Gasteiger partial charge in [0.05, 0.1) is 18.0 Å². The highest BCUT2D eigenvalue weighted by Gasteiger charge is 2.16. The fourth-order valence-corrected chi connectivity index (χ4v) is 2.43. The van der Waals surface area contributed by atoms with Crippen molar-refractivity contribution in [1.29, 1.82) is 0 Å². The van der Waals surface area contributed by atoms with Gasteiger partial charge in [0, 0.05) is 12.2 Å². The molecule has 6 heteroatoms. The number of aromatic nitrogens is 1. The van der Waals surface area contributed by atoms with Gasteiger partial charge in [-0.05, 0) is 49.2 Å². The Kier molecular flexibility index (Phi) is 5.10. The molecule has 0 spiro atoms. The minimum absolute atomic E-state index is 0.176. The molecule has 1 saturated heterocycles. The molecule has 0 saturated carbocycles. The van der Waals surface area contributed by atoms with E-state index >= 15 is 0 Å². The first-order valence-corrected chi connectivity index (χ1v) is 7.86. The Labute approximate surface area is 139 Å². The van der Waals surface area contributed by atoms with Crippen molar-refractivity contribution in [3.05, 3.63) is 53.3 Å². The predicted molar refractivity (Wildman–Crippen MR) is 88.1 cm³/mol. The molecule has 23 heavy (non-hydrogen) atoms. The molecule has 120 valence electrons. The first-order chi connectivity index (χ1) is 11.2. The van der Waals surface area contributed by atoms with Crippen molar-refractivity contribution in [2.75, 3.05) is 18.5 Å². The molecule has 1 aromatic carbocycles. The van der Waals surface area contributed by atoms with Gasteiger partial charge in [-0.15, -0.1) is 0 Å². The van der Waals surface area contributed by atoms with Crippen LogP contribution in [0.3, 0.4) is 0 Å². The van der Waals surface area contributed by atoms with Crippen molar-refractivity contribution in [2.45, 2.75) is 18.9 Å². The summed E-state index contributed by atoms with van der Waals surface area (Å²) >= 11 is 5.71. The van der Waals surface area contributed by atoms with E-state index in [0.717, 1.165) is 25.2 Å². The molecule has 1 N–H and O–H groups in total. The van der Waals surface area contributed by atoms with E-state index in [1.165, 1.54) is 6.20 Å². The highest BCUT2D eigenvalue weighted by molar-refractivity contribution is 6.29. The van der Waals surface area contributed by atoms with Crippen LogP contribution in [-0.4, -0.2) is 30.2 Å². The van der Waals surface area contributed by atoms with Gasteiger partial charge in [0.25, 0.3) is 5.91 Å². The Balaban J connectivity index is 1.55. The zero-order valence-corrected chi connectivity index (χ0v) is 13.3. The van der Waals surface area contributed by atoms with E-state index < -0.39 is 0 Å². The van der Waals surface area contributed by atoms with E-state index in [2.05, 4.69) is 10.3 Å². The monoisotopic (exact) mass is 332 g/mol. The molecule has 1 fully saturated rings. The lowest BCUT2D eigenvalue weighted by atomic mass is 10.2. The third-order valence-electron chi connectivity index (χ3n) is 3.56. The van der Waals surface area contributed by atoms with Crippen LogP contribution in [0, 0.1) is 0 Å². The number of carbonyl (C=O) groups is 1. The normalized spacial score (nSPS) is 17.0. The van der Waals surface area contributed by atoms with Gasteiger partial charge in [0.1, 0.15) is 17.5 Å². The highest BCUT2D eigenvalue weighted by atomic mass is 35.5. The van der Waals surface area contributed by atoms with Crippen molar-refractivity contribution in [1.82, 2.24) is 4.98 Å². The average molecular weight is 333 g/mol. The molecule has 1 aromatic heterocycles. The Morgan fingerprint density at radius 2 is 2.13 bits per heavy atom. The third-order valence-corrected chi connectivity index (χ3v) is 3.79. The fraction of sp³-hybridized carbons (Fsp3) is 0.294. The van der Waals surface area contributed by atoms with E-state index in [1.54, 1.807) is 36.4 Å². The minimum atomic E-state index is -0.209. The van der Waals surface area contributed by atoms with E-state index in [0.29, 0.717) is 23.0 Å². The van der Waals surface area contributed by atoms with E-state index in [1.807, 2.05) is 0 Å². The van der Waals surface area contributed by atoms with Crippen LogP contribution in [0.25, 0.3) is 0 Å². The number of hydrogen-bond acceptors (Lipinski definition) is 4. The average Bonchev–Trinajstić information content (AvgIpc) is 3.09. The molecule has 0 bridgehead atoms. The third kappa shape index (κ3) is 4.43. The second-order valence-corrected chi connectivity index (χ2v) is 5.68.